The van der Waals surface area contributed by atoms with Gasteiger partial charge in [0.15, 0.2) is 0 Å². The van der Waals surface area contributed by atoms with Crippen LogP contribution in [0.25, 0.3) is 0 Å². The summed E-state index contributed by atoms with van der Waals surface area (Å²) in [7, 11) is 0. The van der Waals surface area contributed by atoms with Crippen molar-refractivity contribution in [2.45, 2.75) is 46.3 Å². The zero-order valence-corrected chi connectivity index (χ0v) is 19.3. The number of carbonyl (C=O) groups is 2. The van der Waals surface area contributed by atoms with Crippen LogP contribution < -0.4 is 0 Å². The second-order valence-electron chi connectivity index (χ2n) is 7.82. The average molecular weight is 435 g/mol. The number of benzene rings is 2. The van der Waals surface area contributed by atoms with Crippen LogP contribution in [-0.4, -0.2) is 34.2 Å². The Morgan fingerprint density at radius 1 is 0.935 bits per heavy atom. The van der Waals surface area contributed by atoms with Crippen molar-refractivity contribution in [3.8, 4) is 0 Å². The SMILES string of the molecule is CC[C@@H](C)N(CC(=O)N(Cc1ccccc1)Cc1cccs1)C(=O)c1ccccc1C. The zero-order valence-electron chi connectivity index (χ0n) is 18.5. The quantitative estimate of drug-likeness (QED) is 0.444. The van der Waals surface area contributed by atoms with E-state index in [1.807, 2.05) is 97.8 Å². The molecule has 31 heavy (non-hydrogen) atoms. The van der Waals surface area contributed by atoms with Crippen LogP contribution in [-0.2, 0) is 17.9 Å². The van der Waals surface area contributed by atoms with Gasteiger partial charge in [-0.15, -0.1) is 11.3 Å². The van der Waals surface area contributed by atoms with Crippen molar-refractivity contribution in [3.05, 3.63) is 93.7 Å². The van der Waals surface area contributed by atoms with Crippen molar-refractivity contribution >= 4 is 23.2 Å². The first-order valence-electron chi connectivity index (χ1n) is 10.7. The number of thiophene rings is 1. The molecular formula is C26H30N2O2S. The van der Waals surface area contributed by atoms with E-state index in [0.29, 0.717) is 18.7 Å². The van der Waals surface area contributed by atoms with E-state index in [9.17, 15) is 9.59 Å². The Kier molecular flexibility index (Phi) is 8.01. The van der Waals surface area contributed by atoms with Gasteiger partial charge in [-0.1, -0.05) is 61.5 Å². The monoisotopic (exact) mass is 434 g/mol. The number of hydrogen-bond donors (Lipinski definition) is 0. The van der Waals surface area contributed by atoms with Crippen molar-refractivity contribution in [1.29, 1.82) is 0 Å². The molecule has 162 valence electrons. The lowest BCUT2D eigenvalue weighted by Gasteiger charge is -2.31. The fourth-order valence-corrected chi connectivity index (χ4v) is 4.21. The van der Waals surface area contributed by atoms with E-state index in [-0.39, 0.29) is 24.4 Å². The molecule has 2 aromatic carbocycles. The van der Waals surface area contributed by atoms with E-state index < -0.39 is 0 Å². The standard InChI is InChI=1S/C26H30N2O2S/c1-4-21(3)28(26(30)24-15-9-8-11-20(24)2)19-25(29)27(18-23-14-10-16-31-23)17-22-12-6-5-7-13-22/h5-16,21H,4,17-19H2,1-3H3/t21-/m1/s1. The lowest BCUT2D eigenvalue weighted by atomic mass is 10.1. The van der Waals surface area contributed by atoms with Crippen LogP contribution in [0.5, 0.6) is 0 Å². The first-order chi connectivity index (χ1) is 15.0. The fraction of sp³-hybridized carbons (Fsp3) is 0.308. The largest absolute Gasteiger partial charge is 0.332 e. The Morgan fingerprint density at radius 3 is 2.29 bits per heavy atom. The summed E-state index contributed by atoms with van der Waals surface area (Å²) >= 11 is 1.64. The van der Waals surface area contributed by atoms with Gasteiger partial charge in [0.1, 0.15) is 6.54 Å². The van der Waals surface area contributed by atoms with Gasteiger partial charge >= 0.3 is 0 Å². The van der Waals surface area contributed by atoms with Gasteiger partial charge in [0, 0.05) is 23.0 Å². The van der Waals surface area contributed by atoms with Gasteiger partial charge in [0.25, 0.3) is 5.91 Å². The topological polar surface area (TPSA) is 40.6 Å². The normalized spacial score (nSPS) is 11.7. The summed E-state index contributed by atoms with van der Waals surface area (Å²) in [5, 5.41) is 2.02. The minimum absolute atomic E-state index is 0.0311. The molecule has 0 N–H and O–H groups in total. The molecule has 0 unspecified atom stereocenters. The van der Waals surface area contributed by atoms with E-state index in [1.54, 1.807) is 16.2 Å². The highest BCUT2D eigenvalue weighted by atomic mass is 32.1. The van der Waals surface area contributed by atoms with Crippen LogP contribution in [0.1, 0.15) is 46.6 Å². The van der Waals surface area contributed by atoms with Crippen LogP contribution in [0.4, 0.5) is 0 Å². The van der Waals surface area contributed by atoms with Crippen LogP contribution in [0.2, 0.25) is 0 Å². The van der Waals surface area contributed by atoms with Crippen molar-refractivity contribution in [1.82, 2.24) is 9.80 Å². The molecule has 3 aromatic rings. The van der Waals surface area contributed by atoms with Gasteiger partial charge in [0.2, 0.25) is 5.91 Å². The summed E-state index contributed by atoms with van der Waals surface area (Å²) in [4.78, 5) is 31.5. The van der Waals surface area contributed by atoms with Gasteiger partial charge in [-0.25, -0.2) is 0 Å². The maximum absolute atomic E-state index is 13.5. The third-order valence-electron chi connectivity index (χ3n) is 5.56. The first kappa shape index (κ1) is 22.8. The van der Waals surface area contributed by atoms with Gasteiger partial charge in [0.05, 0.1) is 6.54 Å². The molecule has 1 aromatic heterocycles. The number of amides is 2. The summed E-state index contributed by atoms with van der Waals surface area (Å²) in [5.74, 6) is -0.129. The second-order valence-corrected chi connectivity index (χ2v) is 8.85. The number of nitrogens with zero attached hydrogens (tertiary/aromatic N) is 2. The van der Waals surface area contributed by atoms with Crippen molar-refractivity contribution in [2.75, 3.05) is 6.54 Å². The molecule has 2 amide bonds. The van der Waals surface area contributed by atoms with E-state index in [2.05, 4.69) is 0 Å². The minimum atomic E-state index is -0.0865. The zero-order chi connectivity index (χ0) is 22.2. The Hall–Kier alpha value is -2.92. The lowest BCUT2D eigenvalue weighted by Crippen LogP contribution is -2.46. The average Bonchev–Trinajstić information content (AvgIpc) is 3.30. The Bertz CT molecular complexity index is 986. The van der Waals surface area contributed by atoms with Crippen LogP contribution in [0.3, 0.4) is 0 Å². The first-order valence-corrected chi connectivity index (χ1v) is 11.6. The molecule has 5 heteroatoms. The van der Waals surface area contributed by atoms with E-state index in [4.69, 9.17) is 0 Å². The van der Waals surface area contributed by atoms with Crippen molar-refractivity contribution in [2.24, 2.45) is 0 Å². The number of aryl methyl sites for hydroxylation is 1. The summed E-state index contributed by atoms with van der Waals surface area (Å²) in [6, 6.07) is 21.6. The minimum Gasteiger partial charge on any atom is -0.332 e. The molecule has 1 heterocycles. The predicted molar refractivity (Wildman–Crippen MR) is 127 cm³/mol. The number of rotatable bonds is 9. The van der Waals surface area contributed by atoms with Crippen LogP contribution in [0.15, 0.2) is 72.1 Å². The van der Waals surface area contributed by atoms with Gasteiger partial charge in [-0.3, -0.25) is 9.59 Å². The maximum Gasteiger partial charge on any atom is 0.254 e. The van der Waals surface area contributed by atoms with Crippen molar-refractivity contribution < 1.29 is 9.59 Å². The molecule has 1 atom stereocenters. The third kappa shape index (κ3) is 6.05. The molecule has 0 radical (unpaired) electrons. The highest BCUT2D eigenvalue weighted by molar-refractivity contribution is 7.09. The number of carbonyl (C=O) groups excluding carboxylic acids is 2. The fourth-order valence-electron chi connectivity index (χ4n) is 3.49. The molecular weight excluding hydrogens is 404 g/mol. The van der Waals surface area contributed by atoms with E-state index >= 15 is 0 Å². The highest BCUT2D eigenvalue weighted by Crippen LogP contribution is 2.18. The maximum atomic E-state index is 13.5. The molecule has 0 aliphatic rings. The highest BCUT2D eigenvalue weighted by Gasteiger charge is 2.26. The molecule has 0 fully saturated rings. The Balaban J connectivity index is 1.83. The predicted octanol–water partition coefficient (Wildman–Crippen LogP) is 5.53. The lowest BCUT2D eigenvalue weighted by molar-refractivity contribution is -0.133. The van der Waals surface area contributed by atoms with Gasteiger partial charge in [-0.05, 0) is 48.9 Å². The molecule has 4 nitrogen and oxygen atoms in total. The van der Waals surface area contributed by atoms with E-state index in [1.165, 1.54) is 0 Å². The Labute approximate surface area is 189 Å². The summed E-state index contributed by atoms with van der Waals surface area (Å²) in [6.07, 6.45) is 0.786. The second kappa shape index (κ2) is 10.9. The molecule has 0 saturated heterocycles. The summed E-state index contributed by atoms with van der Waals surface area (Å²) < 4.78 is 0. The smallest absolute Gasteiger partial charge is 0.254 e. The van der Waals surface area contributed by atoms with E-state index in [0.717, 1.165) is 22.4 Å². The molecule has 0 spiro atoms. The van der Waals surface area contributed by atoms with Gasteiger partial charge in [-0.2, -0.15) is 0 Å². The molecule has 3 rings (SSSR count). The number of hydrogen-bond acceptors (Lipinski definition) is 3. The molecule has 0 aliphatic carbocycles. The van der Waals surface area contributed by atoms with Crippen LogP contribution >= 0.6 is 11.3 Å². The summed E-state index contributed by atoms with van der Waals surface area (Å²) in [5.41, 5.74) is 2.66. The molecule has 0 saturated carbocycles. The molecule has 0 bridgehead atoms. The van der Waals surface area contributed by atoms with Crippen LogP contribution in [0, 0.1) is 6.92 Å². The Morgan fingerprint density at radius 2 is 1.65 bits per heavy atom. The van der Waals surface area contributed by atoms with Crippen molar-refractivity contribution in [3.63, 3.8) is 0 Å². The summed E-state index contributed by atoms with van der Waals surface area (Å²) in [6.45, 7) is 7.11. The molecule has 0 aliphatic heterocycles. The third-order valence-corrected chi connectivity index (χ3v) is 6.42. The van der Waals surface area contributed by atoms with Gasteiger partial charge < -0.3 is 9.80 Å².